The van der Waals surface area contributed by atoms with Crippen LogP contribution in [-0.4, -0.2) is 9.97 Å². The molecule has 154 valence electrons. The zero-order chi connectivity index (χ0) is 22.5. The molecule has 0 bridgehead atoms. The molecule has 3 nitrogen and oxygen atoms in total. The smallest absolute Gasteiger partial charge is 0.138 e. The summed E-state index contributed by atoms with van der Waals surface area (Å²) in [5.41, 5.74) is 6.36. The maximum Gasteiger partial charge on any atom is 0.138 e. The Kier molecular flexibility index (Phi) is 4.34. The van der Waals surface area contributed by atoms with Crippen molar-refractivity contribution in [2.24, 2.45) is 0 Å². The lowest BCUT2D eigenvalue weighted by atomic mass is 9.79. The monoisotopic (exact) mass is 407 g/mol. The van der Waals surface area contributed by atoms with E-state index in [1.54, 1.807) is 6.20 Å². The molecule has 3 heterocycles. The Labute approximate surface area is 184 Å². The van der Waals surface area contributed by atoms with Crippen molar-refractivity contribution in [3.8, 4) is 11.3 Å². The molecule has 5 rings (SSSR count). The quantitative estimate of drug-likeness (QED) is 0.310. The van der Waals surface area contributed by atoms with Crippen molar-refractivity contribution in [2.45, 2.75) is 39.0 Å². The lowest BCUT2D eigenvalue weighted by molar-refractivity contribution is 0.620. The Morgan fingerprint density at radius 3 is 2.42 bits per heavy atom. The van der Waals surface area contributed by atoms with E-state index < -0.39 is 5.89 Å². The molecule has 3 heteroatoms. The first kappa shape index (κ1) is 18.3. The van der Waals surface area contributed by atoms with Crippen molar-refractivity contribution in [3.05, 3.63) is 95.9 Å². The molecule has 0 atom stereocenters. The Morgan fingerprint density at radius 2 is 1.65 bits per heavy atom. The van der Waals surface area contributed by atoms with Gasteiger partial charge in [0.05, 0.1) is 16.8 Å². The molecule has 3 aromatic heterocycles. The van der Waals surface area contributed by atoms with Gasteiger partial charge in [-0.2, -0.15) is 0 Å². The number of fused-ring (bicyclic) bond motifs is 3. The predicted molar refractivity (Wildman–Crippen MR) is 127 cm³/mol. The number of pyridine rings is 2. The molecule has 5 aromatic rings. The molecule has 0 aliphatic heterocycles. The Balaban J connectivity index is 1.73. The average Bonchev–Trinajstić information content (AvgIpc) is 3.17. The third-order valence-corrected chi connectivity index (χ3v) is 6.10. The van der Waals surface area contributed by atoms with Gasteiger partial charge in [-0.1, -0.05) is 58.0 Å². The van der Waals surface area contributed by atoms with Gasteiger partial charge in [0.15, 0.2) is 0 Å². The largest absolute Gasteiger partial charge is 0.456 e. The highest BCUT2D eigenvalue weighted by atomic mass is 16.3. The summed E-state index contributed by atoms with van der Waals surface area (Å²) < 4.78 is 14.6. The lowest BCUT2D eigenvalue weighted by Crippen LogP contribution is -2.20. The van der Waals surface area contributed by atoms with E-state index in [0.29, 0.717) is 0 Å². The third-order valence-electron chi connectivity index (χ3n) is 6.10. The normalized spacial score (nSPS) is 13.0. The summed E-state index contributed by atoms with van der Waals surface area (Å²) in [6.45, 7) is 8.19. The van der Waals surface area contributed by atoms with Crippen molar-refractivity contribution in [1.29, 1.82) is 0 Å². The highest BCUT2D eigenvalue weighted by molar-refractivity contribution is 6.08. The second-order valence-electron chi connectivity index (χ2n) is 8.77. The number of benzene rings is 2. The minimum absolute atomic E-state index is 0.291. The molecule has 0 aliphatic rings. The number of aromatic nitrogens is 2. The van der Waals surface area contributed by atoms with Gasteiger partial charge in [-0.3, -0.25) is 9.97 Å². The van der Waals surface area contributed by atoms with Gasteiger partial charge in [0.2, 0.25) is 0 Å². The molecule has 0 saturated carbocycles. The van der Waals surface area contributed by atoms with Crippen LogP contribution < -0.4 is 0 Å². The molecule has 0 aliphatic carbocycles. The van der Waals surface area contributed by atoms with E-state index in [0.717, 1.165) is 44.5 Å². The van der Waals surface area contributed by atoms with E-state index in [1.807, 2.05) is 56.4 Å². The van der Waals surface area contributed by atoms with Crippen LogP contribution in [0.5, 0.6) is 0 Å². The van der Waals surface area contributed by atoms with E-state index >= 15 is 0 Å². The zero-order valence-corrected chi connectivity index (χ0v) is 18.3. The molecular weight excluding hydrogens is 380 g/mol. The van der Waals surface area contributed by atoms with E-state index in [9.17, 15) is 0 Å². The van der Waals surface area contributed by atoms with Gasteiger partial charge >= 0.3 is 0 Å². The summed E-state index contributed by atoms with van der Waals surface area (Å²) in [7, 11) is 0. The van der Waals surface area contributed by atoms with Gasteiger partial charge in [-0.25, -0.2) is 0 Å². The van der Waals surface area contributed by atoms with Crippen LogP contribution in [-0.2, 0) is 5.41 Å². The van der Waals surface area contributed by atoms with Crippen LogP contribution in [0.25, 0.3) is 33.2 Å². The van der Waals surface area contributed by atoms with Gasteiger partial charge in [0.25, 0.3) is 0 Å². The molecule has 0 fully saturated rings. The Hall–Kier alpha value is -3.46. The zero-order valence-electron chi connectivity index (χ0n) is 19.3. The number of hydrogen-bond donors (Lipinski definition) is 0. The SMILES string of the molecule is [2H]C(C)(C)c1ccnc(-c2ccc3oc4ccnc(C(C)(C)c5ccccc5)c4c3c2)c1. The van der Waals surface area contributed by atoms with Crippen LogP contribution in [0.3, 0.4) is 0 Å². The fourth-order valence-corrected chi connectivity index (χ4v) is 4.25. The maximum absolute atomic E-state index is 8.37. The Morgan fingerprint density at radius 1 is 0.871 bits per heavy atom. The average molecular weight is 408 g/mol. The summed E-state index contributed by atoms with van der Waals surface area (Å²) in [6.07, 6.45) is 3.61. The first-order chi connectivity index (χ1) is 15.2. The standard InChI is InChI=1S/C28H26N2O/c1-18(2)19-12-14-29-23(17-19)20-10-11-24-22(16-20)26-25(31-24)13-15-30-27(26)28(3,4)21-8-6-5-7-9-21/h5-18H,1-4H3/i18D. The van der Waals surface area contributed by atoms with Gasteiger partial charge in [0, 0.05) is 30.1 Å². The van der Waals surface area contributed by atoms with Crippen LogP contribution in [0.4, 0.5) is 0 Å². The van der Waals surface area contributed by atoms with Crippen molar-refractivity contribution in [1.82, 2.24) is 9.97 Å². The fourth-order valence-electron chi connectivity index (χ4n) is 4.25. The van der Waals surface area contributed by atoms with Crippen LogP contribution in [0.2, 0.25) is 0 Å². The lowest BCUT2D eigenvalue weighted by Gasteiger charge is -2.25. The number of rotatable bonds is 4. The summed E-state index contributed by atoms with van der Waals surface area (Å²) in [4.78, 5) is 9.41. The first-order valence-corrected chi connectivity index (χ1v) is 10.6. The van der Waals surface area contributed by atoms with E-state index in [4.69, 9.17) is 10.8 Å². The van der Waals surface area contributed by atoms with E-state index in [-0.39, 0.29) is 5.41 Å². The maximum atomic E-state index is 8.37. The van der Waals surface area contributed by atoms with Crippen LogP contribution >= 0.6 is 0 Å². The number of furan rings is 1. The number of nitrogens with zero attached hydrogens (tertiary/aromatic N) is 2. The first-order valence-electron chi connectivity index (χ1n) is 11.1. The molecule has 0 N–H and O–H groups in total. The Bertz CT molecular complexity index is 1430. The van der Waals surface area contributed by atoms with Gasteiger partial charge in [-0.05, 0) is 53.4 Å². The highest BCUT2D eigenvalue weighted by Gasteiger charge is 2.28. The van der Waals surface area contributed by atoms with Gasteiger partial charge < -0.3 is 4.42 Å². The van der Waals surface area contributed by atoms with Crippen LogP contribution in [0.15, 0.2) is 83.5 Å². The van der Waals surface area contributed by atoms with E-state index in [2.05, 4.69) is 49.2 Å². The molecule has 0 amide bonds. The van der Waals surface area contributed by atoms with Crippen molar-refractivity contribution in [2.75, 3.05) is 0 Å². The molecule has 31 heavy (non-hydrogen) atoms. The second-order valence-corrected chi connectivity index (χ2v) is 8.77. The van der Waals surface area contributed by atoms with Crippen molar-refractivity contribution >= 4 is 21.9 Å². The van der Waals surface area contributed by atoms with E-state index in [1.165, 1.54) is 5.56 Å². The summed E-state index contributed by atoms with van der Waals surface area (Å²) in [5.74, 6) is -0.680. The highest BCUT2D eigenvalue weighted by Crippen LogP contribution is 2.40. The topological polar surface area (TPSA) is 38.9 Å². The summed E-state index contributed by atoms with van der Waals surface area (Å²) >= 11 is 0. The summed E-state index contributed by atoms with van der Waals surface area (Å²) in [5, 5.41) is 2.07. The molecule has 2 aromatic carbocycles. The molecule has 0 spiro atoms. The third kappa shape index (κ3) is 3.31. The molecular formula is C28H26N2O. The van der Waals surface area contributed by atoms with Crippen LogP contribution in [0.1, 0.15) is 51.8 Å². The summed E-state index contributed by atoms with van der Waals surface area (Å²) in [6, 6.07) is 22.5. The molecule has 0 radical (unpaired) electrons. The molecule has 0 unspecified atom stereocenters. The molecule has 0 saturated heterocycles. The van der Waals surface area contributed by atoms with Crippen molar-refractivity contribution in [3.63, 3.8) is 0 Å². The van der Waals surface area contributed by atoms with Crippen LogP contribution in [0, 0.1) is 0 Å². The van der Waals surface area contributed by atoms with Crippen molar-refractivity contribution < 1.29 is 5.79 Å². The van der Waals surface area contributed by atoms with Gasteiger partial charge in [0.1, 0.15) is 11.2 Å². The van der Waals surface area contributed by atoms with Gasteiger partial charge in [-0.15, -0.1) is 0 Å². The number of hydrogen-bond acceptors (Lipinski definition) is 3. The fraction of sp³-hybridized carbons (Fsp3) is 0.214. The second kappa shape index (κ2) is 7.35. The minimum atomic E-state index is -0.680. The predicted octanol–water partition coefficient (Wildman–Crippen LogP) is 7.49. The minimum Gasteiger partial charge on any atom is -0.456 e.